The molecule has 0 saturated heterocycles. The van der Waals surface area contributed by atoms with Gasteiger partial charge in [-0.15, -0.1) is 0 Å². The van der Waals surface area contributed by atoms with Gasteiger partial charge in [-0.05, 0) is 70.0 Å². The fraction of sp³-hybridized carbons (Fsp3) is 0.318. The van der Waals surface area contributed by atoms with Crippen LogP contribution in [0.1, 0.15) is 31.9 Å². The molecule has 0 fully saturated rings. The van der Waals surface area contributed by atoms with E-state index in [4.69, 9.17) is 4.74 Å². The molecular weight excluding hydrogens is 352 g/mol. The number of aromatic nitrogens is 2. The van der Waals surface area contributed by atoms with E-state index in [2.05, 4.69) is 46.6 Å². The number of anilines is 2. The first-order valence-electron chi connectivity index (χ1n) is 9.23. The lowest BCUT2D eigenvalue weighted by atomic mass is 10.0. The number of fused-ring (bicyclic) bond motifs is 1. The second kappa shape index (κ2) is 7.46. The average Bonchev–Trinajstić information content (AvgIpc) is 2.60. The van der Waals surface area contributed by atoms with E-state index in [1.54, 1.807) is 7.05 Å². The van der Waals surface area contributed by atoms with Gasteiger partial charge in [-0.1, -0.05) is 12.1 Å². The summed E-state index contributed by atoms with van der Waals surface area (Å²) in [5, 5.41) is 6.78. The number of aryl methyl sites for hydroxylation is 2. The molecule has 2 aromatic carbocycles. The third-order valence-corrected chi connectivity index (χ3v) is 4.32. The minimum atomic E-state index is -0.554. The summed E-state index contributed by atoms with van der Waals surface area (Å²) in [6.07, 6.45) is -0.487. The van der Waals surface area contributed by atoms with Crippen LogP contribution >= 0.6 is 0 Å². The average molecular weight is 378 g/mol. The number of carbonyl (C=O) groups excluding carboxylic acids is 1. The van der Waals surface area contributed by atoms with E-state index in [-0.39, 0.29) is 0 Å². The van der Waals surface area contributed by atoms with E-state index in [9.17, 15) is 4.79 Å². The first kappa shape index (κ1) is 19.6. The predicted molar refractivity (Wildman–Crippen MR) is 114 cm³/mol. The summed E-state index contributed by atoms with van der Waals surface area (Å²) < 4.78 is 5.34. The molecule has 1 heterocycles. The number of ether oxygens (including phenoxy) is 1. The van der Waals surface area contributed by atoms with Gasteiger partial charge >= 0.3 is 6.09 Å². The van der Waals surface area contributed by atoms with Crippen molar-refractivity contribution < 1.29 is 9.53 Å². The molecule has 1 aromatic heterocycles. The Kier molecular flexibility index (Phi) is 5.23. The highest BCUT2D eigenvalue weighted by atomic mass is 16.6. The van der Waals surface area contributed by atoms with Crippen LogP contribution < -0.4 is 10.6 Å². The molecule has 28 heavy (non-hydrogen) atoms. The van der Waals surface area contributed by atoms with Crippen LogP contribution in [0.15, 0.2) is 36.4 Å². The lowest BCUT2D eigenvalue weighted by Crippen LogP contribution is -2.27. The number of amides is 1. The Morgan fingerprint density at radius 3 is 2.43 bits per heavy atom. The minimum Gasteiger partial charge on any atom is -0.444 e. The molecule has 6 heteroatoms. The normalized spacial score (nSPS) is 11.4. The molecule has 0 atom stereocenters. The van der Waals surface area contributed by atoms with Gasteiger partial charge in [0.25, 0.3) is 0 Å². The van der Waals surface area contributed by atoms with Crippen molar-refractivity contribution >= 4 is 28.6 Å². The van der Waals surface area contributed by atoms with Gasteiger partial charge in [0.15, 0.2) is 0 Å². The third kappa shape index (κ3) is 4.39. The van der Waals surface area contributed by atoms with Gasteiger partial charge in [0.1, 0.15) is 5.60 Å². The SMILES string of the molecule is CNc1nc(-c2cccc(NC(=O)OC(C)(C)C)c2)c2cc(C)c(C)cc2n1. The van der Waals surface area contributed by atoms with Gasteiger partial charge < -0.3 is 10.1 Å². The number of nitrogens with one attached hydrogen (secondary N) is 2. The number of hydrogen-bond acceptors (Lipinski definition) is 5. The van der Waals surface area contributed by atoms with Gasteiger partial charge in [0.05, 0.1) is 11.2 Å². The highest BCUT2D eigenvalue weighted by molar-refractivity contribution is 5.95. The van der Waals surface area contributed by atoms with Crippen LogP contribution in [-0.4, -0.2) is 28.7 Å². The van der Waals surface area contributed by atoms with Crippen molar-refractivity contribution in [3.63, 3.8) is 0 Å². The second-order valence-corrected chi connectivity index (χ2v) is 7.81. The molecule has 0 aliphatic heterocycles. The first-order valence-corrected chi connectivity index (χ1v) is 9.23. The van der Waals surface area contributed by atoms with Crippen molar-refractivity contribution in [3.8, 4) is 11.3 Å². The summed E-state index contributed by atoms with van der Waals surface area (Å²) in [6.45, 7) is 9.64. The third-order valence-electron chi connectivity index (χ3n) is 4.32. The zero-order valence-electron chi connectivity index (χ0n) is 17.2. The number of carbonyl (C=O) groups is 1. The van der Waals surface area contributed by atoms with Crippen LogP contribution in [0.4, 0.5) is 16.4 Å². The van der Waals surface area contributed by atoms with E-state index >= 15 is 0 Å². The summed E-state index contributed by atoms with van der Waals surface area (Å²) in [5.74, 6) is 0.552. The van der Waals surface area contributed by atoms with Gasteiger partial charge in [-0.2, -0.15) is 0 Å². The Balaban J connectivity index is 2.05. The molecule has 6 nitrogen and oxygen atoms in total. The molecular formula is C22H26N4O2. The van der Waals surface area contributed by atoms with Crippen molar-refractivity contribution in [2.75, 3.05) is 17.7 Å². The molecule has 0 aliphatic carbocycles. The maximum Gasteiger partial charge on any atom is 0.412 e. The fourth-order valence-corrected chi connectivity index (χ4v) is 2.89. The predicted octanol–water partition coefficient (Wildman–Crippen LogP) is 5.30. The molecule has 0 saturated carbocycles. The number of nitrogens with zero attached hydrogens (tertiary/aromatic N) is 2. The highest BCUT2D eigenvalue weighted by Gasteiger charge is 2.17. The van der Waals surface area contributed by atoms with Crippen LogP contribution in [0.3, 0.4) is 0 Å². The molecule has 0 radical (unpaired) electrons. The van der Waals surface area contributed by atoms with Crippen molar-refractivity contribution in [2.45, 2.75) is 40.2 Å². The molecule has 2 N–H and O–H groups in total. The second-order valence-electron chi connectivity index (χ2n) is 7.81. The lowest BCUT2D eigenvalue weighted by Gasteiger charge is -2.19. The standard InChI is InChI=1S/C22H26N4O2/c1-13-10-17-18(11-14(13)2)25-20(23-6)26-19(17)15-8-7-9-16(12-15)24-21(27)28-22(3,4)5/h7-12H,1-6H3,(H,24,27)(H,23,25,26). The molecule has 3 rings (SSSR count). The smallest absolute Gasteiger partial charge is 0.412 e. The number of hydrogen-bond donors (Lipinski definition) is 2. The van der Waals surface area contributed by atoms with Gasteiger partial charge in [0.2, 0.25) is 5.95 Å². The summed E-state index contributed by atoms with van der Waals surface area (Å²) in [5.41, 5.74) is 5.03. The Hall–Kier alpha value is -3.15. The summed E-state index contributed by atoms with van der Waals surface area (Å²) in [4.78, 5) is 21.4. The molecule has 0 aliphatic rings. The van der Waals surface area contributed by atoms with E-state index in [1.807, 2.05) is 45.0 Å². The van der Waals surface area contributed by atoms with Crippen molar-refractivity contribution in [2.24, 2.45) is 0 Å². The van der Waals surface area contributed by atoms with E-state index in [0.717, 1.165) is 22.2 Å². The van der Waals surface area contributed by atoms with E-state index < -0.39 is 11.7 Å². The van der Waals surface area contributed by atoms with Crippen molar-refractivity contribution in [1.29, 1.82) is 0 Å². The van der Waals surface area contributed by atoms with Crippen LogP contribution in [-0.2, 0) is 4.74 Å². The molecule has 1 amide bonds. The Morgan fingerprint density at radius 2 is 1.75 bits per heavy atom. The number of benzene rings is 2. The highest BCUT2D eigenvalue weighted by Crippen LogP contribution is 2.30. The number of rotatable bonds is 3. The van der Waals surface area contributed by atoms with Gasteiger partial charge in [-0.3, -0.25) is 5.32 Å². The van der Waals surface area contributed by atoms with Gasteiger partial charge in [0, 0.05) is 23.7 Å². The molecule has 3 aromatic rings. The zero-order valence-corrected chi connectivity index (χ0v) is 17.2. The Morgan fingerprint density at radius 1 is 1.04 bits per heavy atom. The molecule has 0 unspecified atom stereocenters. The minimum absolute atomic E-state index is 0.487. The maximum absolute atomic E-state index is 12.1. The van der Waals surface area contributed by atoms with Crippen LogP contribution in [0, 0.1) is 13.8 Å². The van der Waals surface area contributed by atoms with Crippen molar-refractivity contribution in [3.05, 3.63) is 47.5 Å². The Bertz CT molecular complexity index is 1040. The maximum atomic E-state index is 12.1. The topological polar surface area (TPSA) is 76.1 Å². The lowest BCUT2D eigenvalue weighted by molar-refractivity contribution is 0.0636. The fourth-order valence-electron chi connectivity index (χ4n) is 2.89. The van der Waals surface area contributed by atoms with Crippen molar-refractivity contribution in [1.82, 2.24) is 9.97 Å². The first-order chi connectivity index (χ1) is 13.2. The quantitative estimate of drug-likeness (QED) is 0.646. The van der Waals surface area contributed by atoms with Crippen LogP contribution in [0.25, 0.3) is 22.2 Å². The van der Waals surface area contributed by atoms with E-state index in [0.29, 0.717) is 11.6 Å². The summed E-state index contributed by atoms with van der Waals surface area (Å²) in [7, 11) is 1.80. The van der Waals surface area contributed by atoms with E-state index in [1.165, 1.54) is 11.1 Å². The molecule has 0 spiro atoms. The summed E-state index contributed by atoms with van der Waals surface area (Å²) in [6, 6.07) is 11.7. The molecule has 0 bridgehead atoms. The molecule has 146 valence electrons. The monoisotopic (exact) mass is 378 g/mol. The summed E-state index contributed by atoms with van der Waals surface area (Å²) >= 11 is 0. The van der Waals surface area contributed by atoms with Crippen LogP contribution in [0.5, 0.6) is 0 Å². The zero-order chi connectivity index (χ0) is 20.5. The Labute approximate surface area is 165 Å². The van der Waals surface area contributed by atoms with Crippen LogP contribution in [0.2, 0.25) is 0 Å². The largest absolute Gasteiger partial charge is 0.444 e. The van der Waals surface area contributed by atoms with Gasteiger partial charge in [-0.25, -0.2) is 14.8 Å².